The van der Waals surface area contributed by atoms with Gasteiger partial charge >= 0.3 is 11.7 Å². The maximum absolute atomic E-state index is 11.6. The molecule has 0 aliphatic rings. The molecular weight excluding hydrogens is 364 g/mol. The number of hydrogen-bond acceptors (Lipinski definition) is 7. The van der Waals surface area contributed by atoms with Crippen LogP contribution in [0.4, 0.5) is 5.69 Å². The Kier molecular flexibility index (Phi) is 6.36. The van der Waals surface area contributed by atoms with Gasteiger partial charge in [0.25, 0.3) is 5.88 Å². The van der Waals surface area contributed by atoms with Crippen molar-refractivity contribution in [1.82, 2.24) is 4.98 Å². The van der Waals surface area contributed by atoms with Gasteiger partial charge in [0.15, 0.2) is 6.10 Å². The standard InChI is InChI=1S/C17H13ClN2O6/c1-3-8-24-17(21)11(2)25-13-4-6-14(7-5-13)26-16-15(20(22)23)9-12(18)10-19-16/h4-7,9-11H,1-2H3/t11-/m1/s1. The van der Waals surface area contributed by atoms with Crippen molar-refractivity contribution in [3.63, 3.8) is 0 Å². The molecule has 1 aromatic heterocycles. The van der Waals surface area contributed by atoms with Crippen molar-refractivity contribution in [2.24, 2.45) is 0 Å². The van der Waals surface area contributed by atoms with E-state index in [2.05, 4.69) is 21.7 Å². The number of nitro groups is 1. The van der Waals surface area contributed by atoms with Crippen molar-refractivity contribution in [1.29, 1.82) is 0 Å². The molecule has 0 spiro atoms. The summed E-state index contributed by atoms with van der Waals surface area (Å²) in [5.74, 6) is 2.29. The van der Waals surface area contributed by atoms with Crippen LogP contribution in [0.15, 0.2) is 36.5 Å². The zero-order valence-corrected chi connectivity index (χ0v) is 14.5. The maximum Gasteiger partial charge on any atom is 0.360 e. The molecule has 9 heteroatoms. The minimum absolute atomic E-state index is 0.126. The summed E-state index contributed by atoms with van der Waals surface area (Å²) in [6.45, 7) is 3.06. The number of aromatic nitrogens is 1. The predicted octanol–water partition coefficient (Wildman–Crippen LogP) is 3.73. The first-order valence-electron chi connectivity index (χ1n) is 7.27. The molecule has 0 radical (unpaired) electrons. The van der Waals surface area contributed by atoms with Crippen LogP contribution in [0.1, 0.15) is 13.8 Å². The molecular formula is C17H13ClN2O6. The third kappa shape index (κ3) is 5.09. The molecule has 0 fully saturated rings. The number of hydrogen-bond donors (Lipinski definition) is 0. The van der Waals surface area contributed by atoms with Gasteiger partial charge in [-0.15, -0.1) is 0 Å². The number of halogens is 1. The molecule has 0 saturated carbocycles. The zero-order valence-electron chi connectivity index (χ0n) is 13.8. The molecule has 1 aromatic carbocycles. The van der Waals surface area contributed by atoms with Crippen LogP contribution in [0.5, 0.6) is 17.4 Å². The van der Waals surface area contributed by atoms with E-state index < -0.39 is 17.0 Å². The summed E-state index contributed by atoms with van der Waals surface area (Å²) in [5.41, 5.74) is -0.355. The normalized spacial score (nSPS) is 10.9. The minimum atomic E-state index is -0.860. The van der Waals surface area contributed by atoms with Crippen molar-refractivity contribution >= 4 is 23.3 Å². The lowest BCUT2D eigenvalue weighted by molar-refractivity contribution is -0.386. The Morgan fingerprint density at radius 2 is 1.96 bits per heavy atom. The largest absolute Gasteiger partial charge is 0.479 e. The van der Waals surface area contributed by atoms with Gasteiger partial charge in [-0.05, 0) is 31.2 Å². The Morgan fingerprint density at radius 3 is 2.58 bits per heavy atom. The molecule has 0 N–H and O–H groups in total. The van der Waals surface area contributed by atoms with Crippen molar-refractivity contribution in [2.45, 2.75) is 20.0 Å². The lowest BCUT2D eigenvalue weighted by atomic mass is 10.3. The van der Waals surface area contributed by atoms with E-state index in [4.69, 9.17) is 21.1 Å². The number of nitrogens with zero attached hydrogens (tertiary/aromatic N) is 2. The van der Waals surface area contributed by atoms with Gasteiger partial charge in [0.1, 0.15) is 17.6 Å². The topological polar surface area (TPSA) is 101 Å². The molecule has 0 aliphatic heterocycles. The highest BCUT2D eigenvalue weighted by molar-refractivity contribution is 6.30. The lowest BCUT2D eigenvalue weighted by Gasteiger charge is -2.12. The molecule has 0 aliphatic carbocycles. The highest BCUT2D eigenvalue weighted by Gasteiger charge is 2.19. The maximum atomic E-state index is 11.6. The number of rotatable bonds is 6. The van der Waals surface area contributed by atoms with Crippen LogP contribution in [-0.2, 0) is 9.53 Å². The van der Waals surface area contributed by atoms with Crippen LogP contribution < -0.4 is 9.47 Å². The molecule has 2 aromatic rings. The van der Waals surface area contributed by atoms with Crippen molar-refractivity contribution in [2.75, 3.05) is 0 Å². The SMILES string of the molecule is CC#COC(=O)[C@@H](C)Oc1ccc(Oc2ncc(Cl)cc2[N+](=O)[O-])cc1. The Labute approximate surface area is 153 Å². The highest BCUT2D eigenvalue weighted by Crippen LogP contribution is 2.31. The third-order valence-corrected chi connectivity index (χ3v) is 3.14. The highest BCUT2D eigenvalue weighted by atomic mass is 35.5. The molecule has 0 saturated heterocycles. The molecule has 1 atom stereocenters. The molecule has 26 heavy (non-hydrogen) atoms. The monoisotopic (exact) mass is 376 g/mol. The van der Waals surface area contributed by atoms with Crippen LogP contribution in [0.2, 0.25) is 5.02 Å². The number of carbonyl (C=O) groups excluding carboxylic acids is 1. The van der Waals surface area contributed by atoms with Crippen LogP contribution in [-0.4, -0.2) is 22.0 Å². The first-order valence-corrected chi connectivity index (χ1v) is 7.65. The summed E-state index contributed by atoms with van der Waals surface area (Å²) in [5, 5.41) is 11.2. The van der Waals surface area contributed by atoms with Gasteiger partial charge in [-0.2, -0.15) is 0 Å². The van der Waals surface area contributed by atoms with Crippen LogP contribution >= 0.6 is 11.6 Å². The molecule has 8 nitrogen and oxygen atoms in total. The fourth-order valence-corrected chi connectivity index (χ4v) is 1.91. The summed E-state index contributed by atoms with van der Waals surface area (Å²) in [6.07, 6.45) is 2.58. The molecule has 1 heterocycles. The van der Waals surface area contributed by atoms with E-state index in [0.717, 1.165) is 6.07 Å². The summed E-state index contributed by atoms with van der Waals surface area (Å²) in [6, 6.07) is 7.24. The third-order valence-electron chi connectivity index (χ3n) is 2.93. The molecule has 0 bridgehead atoms. The Morgan fingerprint density at radius 1 is 1.31 bits per heavy atom. The predicted molar refractivity (Wildman–Crippen MR) is 92.0 cm³/mol. The van der Waals surface area contributed by atoms with Gasteiger partial charge in [-0.3, -0.25) is 10.1 Å². The van der Waals surface area contributed by atoms with Gasteiger partial charge in [0, 0.05) is 13.0 Å². The average molecular weight is 377 g/mol. The van der Waals surface area contributed by atoms with E-state index >= 15 is 0 Å². The average Bonchev–Trinajstić information content (AvgIpc) is 2.62. The quantitative estimate of drug-likeness (QED) is 0.327. The summed E-state index contributed by atoms with van der Waals surface area (Å²) in [7, 11) is 0. The van der Waals surface area contributed by atoms with Gasteiger partial charge in [-0.25, -0.2) is 9.78 Å². The number of pyridine rings is 1. The summed E-state index contributed by atoms with van der Waals surface area (Å²) in [4.78, 5) is 25.8. The van der Waals surface area contributed by atoms with Gasteiger partial charge in [0.05, 0.1) is 16.1 Å². The second-order valence-corrected chi connectivity index (χ2v) is 5.28. The lowest BCUT2D eigenvalue weighted by Crippen LogP contribution is -2.24. The summed E-state index contributed by atoms with van der Waals surface area (Å²) < 4.78 is 15.5. The number of carbonyl (C=O) groups is 1. The molecule has 2 rings (SSSR count). The van der Waals surface area contributed by atoms with E-state index in [1.807, 2.05) is 0 Å². The Bertz CT molecular complexity index is 873. The van der Waals surface area contributed by atoms with Crippen LogP contribution in [0.25, 0.3) is 0 Å². The molecule has 134 valence electrons. The van der Waals surface area contributed by atoms with Gasteiger partial charge in [0.2, 0.25) is 0 Å². The van der Waals surface area contributed by atoms with Crippen molar-refractivity contribution < 1.29 is 23.9 Å². The molecule has 0 amide bonds. The minimum Gasteiger partial charge on any atom is -0.479 e. The van der Waals surface area contributed by atoms with E-state index in [9.17, 15) is 14.9 Å². The zero-order chi connectivity index (χ0) is 19.1. The number of benzene rings is 1. The second kappa shape index (κ2) is 8.69. The van der Waals surface area contributed by atoms with E-state index in [-0.39, 0.29) is 16.6 Å². The fourth-order valence-electron chi connectivity index (χ4n) is 1.76. The number of esters is 1. The number of ether oxygens (including phenoxy) is 3. The van der Waals surface area contributed by atoms with E-state index in [1.54, 1.807) is 0 Å². The van der Waals surface area contributed by atoms with E-state index in [0.29, 0.717) is 11.5 Å². The summed E-state index contributed by atoms with van der Waals surface area (Å²) >= 11 is 5.71. The Hall–Kier alpha value is -3.31. The van der Waals surface area contributed by atoms with Crippen LogP contribution in [0, 0.1) is 22.1 Å². The Balaban J connectivity index is 2.07. The van der Waals surface area contributed by atoms with E-state index in [1.165, 1.54) is 44.3 Å². The van der Waals surface area contributed by atoms with Gasteiger partial charge in [-0.1, -0.05) is 17.5 Å². The first kappa shape index (κ1) is 19.0. The molecule has 0 unspecified atom stereocenters. The first-order chi connectivity index (χ1) is 12.4. The van der Waals surface area contributed by atoms with Crippen molar-refractivity contribution in [3.8, 4) is 29.4 Å². The fraction of sp³-hybridized carbons (Fsp3) is 0.176. The van der Waals surface area contributed by atoms with Crippen molar-refractivity contribution in [3.05, 3.63) is 51.7 Å². The smallest absolute Gasteiger partial charge is 0.360 e. The van der Waals surface area contributed by atoms with Crippen LogP contribution in [0.3, 0.4) is 0 Å². The van der Waals surface area contributed by atoms with Gasteiger partial charge < -0.3 is 14.2 Å². The second-order valence-electron chi connectivity index (χ2n) is 4.84.